The van der Waals surface area contributed by atoms with Gasteiger partial charge in [0.1, 0.15) is 13.2 Å². The number of carbonyl (C=O) groups excluding carboxylic acids is 3. The molecule has 0 aliphatic rings. The topological polar surface area (TPSA) is 78.9 Å². The van der Waals surface area contributed by atoms with Crippen LogP contribution < -0.4 is 0 Å². The van der Waals surface area contributed by atoms with Gasteiger partial charge in [-0.2, -0.15) is 0 Å². The molecule has 0 spiro atoms. The van der Waals surface area contributed by atoms with Crippen LogP contribution in [0.5, 0.6) is 0 Å². The molecule has 0 aliphatic heterocycles. The number of ether oxygens (including phenoxy) is 3. The minimum absolute atomic E-state index is 0.120. The molecule has 6 nitrogen and oxygen atoms in total. The SMILES string of the molecule is CC/C=C\C/C=C\C/C=C\C/C=C\C/C=C\CCCC(=O)OCC(COC(=O)CCCCC/C=C\C/C=C\C/C=C\CC)OC(=O)CCCCCCC/C=C\C/C=C\CCCCC. The lowest BCUT2D eigenvalue weighted by molar-refractivity contribution is -0.167. The van der Waals surface area contributed by atoms with Crippen molar-refractivity contribution in [2.45, 2.75) is 207 Å². The van der Waals surface area contributed by atoms with Crippen LogP contribution in [0.4, 0.5) is 0 Å². The van der Waals surface area contributed by atoms with Crippen molar-refractivity contribution in [3.63, 3.8) is 0 Å². The fourth-order valence-electron chi connectivity index (χ4n) is 6.23. The van der Waals surface area contributed by atoms with E-state index < -0.39 is 6.10 Å². The Hall–Kier alpha value is -4.19. The highest BCUT2D eigenvalue weighted by molar-refractivity contribution is 5.71. The first-order valence-electron chi connectivity index (χ1n) is 25.0. The lowest BCUT2D eigenvalue weighted by atomic mass is 10.1. The molecule has 0 saturated carbocycles. The van der Waals surface area contributed by atoms with E-state index in [4.69, 9.17) is 14.2 Å². The minimum Gasteiger partial charge on any atom is -0.462 e. The van der Waals surface area contributed by atoms with E-state index in [-0.39, 0.29) is 44.0 Å². The third-order valence-electron chi connectivity index (χ3n) is 9.93. The van der Waals surface area contributed by atoms with E-state index in [9.17, 15) is 14.4 Å². The summed E-state index contributed by atoms with van der Waals surface area (Å²) in [6.07, 6.45) is 69.0. The molecule has 0 amide bonds. The second-order valence-corrected chi connectivity index (χ2v) is 16.0. The molecule has 1 atom stereocenters. The summed E-state index contributed by atoms with van der Waals surface area (Å²) in [6, 6.07) is 0. The largest absolute Gasteiger partial charge is 0.462 e. The molecule has 0 heterocycles. The van der Waals surface area contributed by atoms with Gasteiger partial charge in [0.25, 0.3) is 0 Å². The van der Waals surface area contributed by atoms with Crippen LogP contribution in [0.15, 0.2) is 122 Å². The van der Waals surface area contributed by atoms with Gasteiger partial charge in [-0.25, -0.2) is 0 Å². The first-order valence-corrected chi connectivity index (χ1v) is 25.0. The summed E-state index contributed by atoms with van der Waals surface area (Å²) in [5.41, 5.74) is 0. The molecule has 0 N–H and O–H groups in total. The zero-order valence-electron chi connectivity index (χ0n) is 40.3. The molecule has 63 heavy (non-hydrogen) atoms. The number of hydrogen-bond acceptors (Lipinski definition) is 6. The maximum Gasteiger partial charge on any atom is 0.306 e. The Bertz CT molecular complexity index is 1370. The smallest absolute Gasteiger partial charge is 0.306 e. The molecule has 0 aromatic heterocycles. The molecule has 354 valence electrons. The van der Waals surface area contributed by atoms with Gasteiger partial charge in [0.15, 0.2) is 6.10 Å². The van der Waals surface area contributed by atoms with Crippen LogP contribution in [0, 0.1) is 0 Å². The second kappa shape index (κ2) is 50.5. The van der Waals surface area contributed by atoms with Crippen molar-refractivity contribution < 1.29 is 28.6 Å². The van der Waals surface area contributed by atoms with Crippen molar-refractivity contribution in [1.29, 1.82) is 0 Å². The summed E-state index contributed by atoms with van der Waals surface area (Å²) in [7, 11) is 0. The summed E-state index contributed by atoms with van der Waals surface area (Å²) in [6.45, 7) is 6.27. The second-order valence-electron chi connectivity index (χ2n) is 16.0. The van der Waals surface area contributed by atoms with E-state index in [1.165, 1.54) is 25.7 Å². The lowest BCUT2D eigenvalue weighted by Crippen LogP contribution is -2.30. The molecule has 0 aromatic carbocycles. The molecule has 0 bridgehead atoms. The van der Waals surface area contributed by atoms with Crippen molar-refractivity contribution in [2.75, 3.05) is 13.2 Å². The van der Waals surface area contributed by atoms with Crippen molar-refractivity contribution in [3.8, 4) is 0 Å². The minimum atomic E-state index is -0.823. The van der Waals surface area contributed by atoms with Crippen LogP contribution in [-0.4, -0.2) is 37.2 Å². The van der Waals surface area contributed by atoms with Gasteiger partial charge in [0, 0.05) is 19.3 Å². The monoisotopic (exact) mass is 871 g/mol. The van der Waals surface area contributed by atoms with Crippen molar-refractivity contribution >= 4 is 17.9 Å². The van der Waals surface area contributed by atoms with Crippen LogP contribution in [0.25, 0.3) is 0 Å². The van der Waals surface area contributed by atoms with E-state index in [1.807, 2.05) is 0 Å². The van der Waals surface area contributed by atoms with Gasteiger partial charge in [-0.05, 0) is 122 Å². The van der Waals surface area contributed by atoms with Gasteiger partial charge in [0.2, 0.25) is 0 Å². The Kier molecular flexibility index (Phi) is 47.1. The van der Waals surface area contributed by atoms with Crippen LogP contribution in [0.1, 0.15) is 201 Å². The number of allylic oxidation sites excluding steroid dienone is 20. The average Bonchev–Trinajstić information content (AvgIpc) is 3.28. The number of esters is 3. The first kappa shape index (κ1) is 58.8. The summed E-state index contributed by atoms with van der Waals surface area (Å²) < 4.78 is 16.7. The number of rotatable bonds is 43. The summed E-state index contributed by atoms with van der Waals surface area (Å²) in [5.74, 6) is -1.03. The Morgan fingerprint density at radius 2 is 0.635 bits per heavy atom. The van der Waals surface area contributed by atoms with Crippen LogP contribution >= 0.6 is 0 Å². The fourth-order valence-corrected chi connectivity index (χ4v) is 6.23. The zero-order chi connectivity index (χ0) is 45.8. The Morgan fingerprint density at radius 1 is 0.333 bits per heavy atom. The standard InChI is InChI=1S/C57H90O6/c1-4-7-10-13-16-19-22-25-27-28-30-32-35-38-41-44-47-50-56(59)62-53-54(52-61-55(58)49-46-43-40-37-34-31-24-21-18-15-12-9-6-3)63-57(60)51-48-45-42-39-36-33-29-26-23-20-17-14-11-8-5-2/h7,9-10,12,16-21,25-27,29-32,34,38,41,54H,4-6,8,11,13-15,22-24,28,33,35-37,39-40,42-53H2,1-3H3/b10-7-,12-9-,19-16-,20-17-,21-18-,27-25-,29-26-,32-30-,34-31-,41-38-. The Labute approximate surface area is 386 Å². The molecular weight excluding hydrogens is 781 g/mol. The maximum atomic E-state index is 12.8. The Morgan fingerprint density at radius 3 is 1.05 bits per heavy atom. The first-order chi connectivity index (χ1) is 31.0. The van der Waals surface area contributed by atoms with Crippen molar-refractivity contribution in [2.24, 2.45) is 0 Å². The quantitative estimate of drug-likeness (QED) is 0.0263. The van der Waals surface area contributed by atoms with Gasteiger partial charge < -0.3 is 14.2 Å². The summed E-state index contributed by atoms with van der Waals surface area (Å²) >= 11 is 0. The predicted octanol–water partition coefficient (Wildman–Crippen LogP) is 16.5. The molecule has 0 radical (unpaired) electrons. The van der Waals surface area contributed by atoms with E-state index in [2.05, 4.69) is 142 Å². The number of unbranched alkanes of at least 4 members (excludes halogenated alkanes) is 12. The predicted molar refractivity (Wildman–Crippen MR) is 269 cm³/mol. The molecule has 0 rings (SSSR count). The Balaban J connectivity index is 4.57. The van der Waals surface area contributed by atoms with Gasteiger partial charge in [-0.15, -0.1) is 0 Å². The average molecular weight is 871 g/mol. The highest BCUT2D eigenvalue weighted by atomic mass is 16.6. The highest BCUT2D eigenvalue weighted by Crippen LogP contribution is 2.12. The molecule has 1 unspecified atom stereocenters. The van der Waals surface area contributed by atoms with Crippen molar-refractivity contribution in [1.82, 2.24) is 0 Å². The van der Waals surface area contributed by atoms with Crippen molar-refractivity contribution in [3.05, 3.63) is 122 Å². The van der Waals surface area contributed by atoms with E-state index in [0.717, 1.165) is 128 Å². The van der Waals surface area contributed by atoms with E-state index in [1.54, 1.807) is 0 Å². The fraction of sp³-hybridized carbons (Fsp3) is 0.596. The van der Waals surface area contributed by atoms with Crippen LogP contribution in [-0.2, 0) is 28.6 Å². The van der Waals surface area contributed by atoms with Gasteiger partial charge in [0.05, 0.1) is 0 Å². The number of hydrogen-bond donors (Lipinski definition) is 0. The van der Waals surface area contributed by atoms with Gasteiger partial charge >= 0.3 is 17.9 Å². The maximum absolute atomic E-state index is 12.8. The highest BCUT2D eigenvalue weighted by Gasteiger charge is 2.19. The van der Waals surface area contributed by atoms with Crippen LogP contribution in [0.2, 0.25) is 0 Å². The van der Waals surface area contributed by atoms with Crippen LogP contribution in [0.3, 0.4) is 0 Å². The number of carbonyl (C=O) groups is 3. The third-order valence-corrected chi connectivity index (χ3v) is 9.93. The summed E-state index contributed by atoms with van der Waals surface area (Å²) in [5, 5.41) is 0. The lowest BCUT2D eigenvalue weighted by Gasteiger charge is -2.18. The molecule has 0 saturated heterocycles. The normalized spacial score (nSPS) is 13.1. The molecule has 6 heteroatoms. The van der Waals surface area contributed by atoms with Gasteiger partial charge in [-0.1, -0.05) is 181 Å². The van der Waals surface area contributed by atoms with Gasteiger partial charge in [-0.3, -0.25) is 14.4 Å². The molecule has 0 fully saturated rings. The molecular formula is C57H90O6. The zero-order valence-corrected chi connectivity index (χ0v) is 40.3. The van der Waals surface area contributed by atoms with E-state index >= 15 is 0 Å². The molecule has 0 aliphatic carbocycles. The third kappa shape index (κ3) is 48.7. The summed E-state index contributed by atoms with van der Waals surface area (Å²) in [4.78, 5) is 37.9. The molecule has 0 aromatic rings. The van der Waals surface area contributed by atoms with E-state index in [0.29, 0.717) is 12.8 Å².